The van der Waals surface area contributed by atoms with Crippen molar-refractivity contribution in [2.75, 3.05) is 26.2 Å². The molecule has 1 aromatic carbocycles. The zero-order valence-electron chi connectivity index (χ0n) is 12.5. The summed E-state index contributed by atoms with van der Waals surface area (Å²) in [5.74, 6) is -0.643. The number of nitrogens with one attached hydrogen (secondary N) is 3. The fourth-order valence-electron chi connectivity index (χ4n) is 2.83. The van der Waals surface area contributed by atoms with Crippen molar-refractivity contribution in [3.05, 3.63) is 35.4 Å². The Labute approximate surface area is 140 Å². The minimum atomic E-state index is -0.513. The Morgan fingerprint density at radius 1 is 1.30 bits per heavy atom. The van der Waals surface area contributed by atoms with Gasteiger partial charge in [0, 0.05) is 12.6 Å². The summed E-state index contributed by atoms with van der Waals surface area (Å²) in [6.45, 7) is 1.17. The fourth-order valence-corrected chi connectivity index (χ4v) is 2.83. The van der Waals surface area contributed by atoms with E-state index in [2.05, 4.69) is 28.1 Å². The van der Waals surface area contributed by atoms with Gasteiger partial charge in [-0.2, -0.15) is 0 Å². The Balaban J connectivity index is 0.00000192. The standard InChI is InChI=1S/C15H18N4O3.ClH/c20-13(8-19-9-14(21)18-15(19)22)17-7-12-11-4-2-1-3-10(11)5-6-16-12;/h1-4,12,16H,5-9H2,(H,17,20)(H,18,21,22);1H. The number of hydrogen-bond acceptors (Lipinski definition) is 4. The average molecular weight is 339 g/mol. The molecule has 2 heterocycles. The maximum atomic E-state index is 11.9. The molecule has 2 aliphatic heterocycles. The quantitative estimate of drug-likeness (QED) is 0.672. The lowest BCUT2D eigenvalue weighted by atomic mass is 9.94. The molecule has 1 atom stereocenters. The van der Waals surface area contributed by atoms with Gasteiger partial charge in [0.1, 0.15) is 13.1 Å². The van der Waals surface area contributed by atoms with E-state index in [4.69, 9.17) is 0 Å². The number of halogens is 1. The van der Waals surface area contributed by atoms with Crippen molar-refractivity contribution in [1.29, 1.82) is 0 Å². The maximum Gasteiger partial charge on any atom is 0.325 e. The third kappa shape index (κ3) is 4.00. The molecule has 1 unspecified atom stereocenters. The molecule has 1 aromatic rings. The van der Waals surface area contributed by atoms with E-state index < -0.39 is 6.03 Å². The van der Waals surface area contributed by atoms with Gasteiger partial charge in [-0.25, -0.2) is 4.79 Å². The molecule has 4 amide bonds. The SMILES string of the molecule is Cl.O=C(CN1CC(=O)NC1=O)NCC1NCCc2ccccc21. The van der Waals surface area contributed by atoms with Crippen molar-refractivity contribution < 1.29 is 14.4 Å². The summed E-state index contributed by atoms with van der Waals surface area (Å²) < 4.78 is 0. The molecule has 8 heteroatoms. The summed E-state index contributed by atoms with van der Waals surface area (Å²) in [5.41, 5.74) is 2.49. The average Bonchev–Trinajstić information content (AvgIpc) is 2.82. The van der Waals surface area contributed by atoms with Crippen LogP contribution in [-0.4, -0.2) is 48.9 Å². The monoisotopic (exact) mass is 338 g/mol. The normalized spacial score (nSPS) is 19.7. The smallest absolute Gasteiger partial charge is 0.325 e. The molecular formula is C15H19ClN4O3. The highest BCUT2D eigenvalue weighted by atomic mass is 35.5. The number of carbonyl (C=O) groups excluding carboxylic acids is 3. The molecule has 3 N–H and O–H groups in total. The largest absolute Gasteiger partial charge is 0.353 e. The lowest BCUT2D eigenvalue weighted by Crippen LogP contribution is -2.43. The number of hydrogen-bond donors (Lipinski definition) is 3. The molecule has 1 fully saturated rings. The first-order chi connectivity index (χ1) is 10.6. The van der Waals surface area contributed by atoms with Gasteiger partial charge in [0.05, 0.1) is 0 Å². The molecule has 1 saturated heterocycles. The second kappa shape index (κ2) is 7.43. The van der Waals surface area contributed by atoms with E-state index in [1.54, 1.807) is 0 Å². The van der Waals surface area contributed by atoms with Crippen LogP contribution in [0.15, 0.2) is 24.3 Å². The summed E-state index contributed by atoms with van der Waals surface area (Å²) in [6.07, 6.45) is 0.983. The van der Waals surface area contributed by atoms with Crippen LogP contribution in [0.4, 0.5) is 4.79 Å². The summed E-state index contributed by atoms with van der Waals surface area (Å²) in [7, 11) is 0. The van der Waals surface area contributed by atoms with Crippen LogP contribution < -0.4 is 16.0 Å². The van der Waals surface area contributed by atoms with Crippen molar-refractivity contribution in [1.82, 2.24) is 20.9 Å². The first kappa shape index (κ1) is 17.2. The van der Waals surface area contributed by atoms with Gasteiger partial charge in [-0.15, -0.1) is 12.4 Å². The van der Waals surface area contributed by atoms with Gasteiger partial charge in [0.25, 0.3) is 0 Å². The molecule has 0 bridgehead atoms. The van der Waals surface area contributed by atoms with Gasteiger partial charge >= 0.3 is 6.03 Å². The van der Waals surface area contributed by atoms with E-state index >= 15 is 0 Å². The summed E-state index contributed by atoms with van der Waals surface area (Å²) in [6, 6.07) is 7.73. The minimum absolute atomic E-state index is 0. The first-order valence-corrected chi connectivity index (χ1v) is 7.30. The summed E-state index contributed by atoms with van der Waals surface area (Å²) in [4.78, 5) is 35.6. The molecular weight excluding hydrogens is 320 g/mol. The molecule has 3 rings (SSSR count). The van der Waals surface area contributed by atoms with Crippen LogP contribution in [0.1, 0.15) is 17.2 Å². The van der Waals surface area contributed by atoms with E-state index in [1.807, 2.05) is 12.1 Å². The number of imide groups is 1. The van der Waals surface area contributed by atoms with E-state index in [9.17, 15) is 14.4 Å². The molecule has 2 aliphatic rings. The highest BCUT2D eigenvalue weighted by Gasteiger charge is 2.28. The van der Waals surface area contributed by atoms with Crippen LogP contribution >= 0.6 is 12.4 Å². The summed E-state index contributed by atoms with van der Waals surface area (Å²) >= 11 is 0. The molecule has 0 radical (unpaired) electrons. The Kier molecular flexibility index (Phi) is 5.57. The number of amides is 4. The van der Waals surface area contributed by atoms with E-state index in [1.165, 1.54) is 16.0 Å². The molecule has 0 aromatic heterocycles. The second-order valence-electron chi connectivity index (χ2n) is 5.47. The topological polar surface area (TPSA) is 90.5 Å². The van der Waals surface area contributed by atoms with Crippen LogP contribution in [0.3, 0.4) is 0 Å². The summed E-state index contributed by atoms with van der Waals surface area (Å²) in [5, 5.41) is 8.35. The van der Waals surface area contributed by atoms with Gasteiger partial charge in [-0.05, 0) is 24.1 Å². The van der Waals surface area contributed by atoms with Crippen molar-refractivity contribution in [2.24, 2.45) is 0 Å². The highest BCUT2D eigenvalue weighted by molar-refractivity contribution is 6.03. The molecule has 124 valence electrons. The maximum absolute atomic E-state index is 11.9. The first-order valence-electron chi connectivity index (χ1n) is 7.30. The van der Waals surface area contributed by atoms with Gasteiger partial charge in [0.15, 0.2) is 0 Å². The van der Waals surface area contributed by atoms with Crippen molar-refractivity contribution in [2.45, 2.75) is 12.5 Å². The predicted molar refractivity (Wildman–Crippen MR) is 86.3 cm³/mol. The van der Waals surface area contributed by atoms with Gasteiger partial charge in [-0.3, -0.25) is 14.9 Å². The Morgan fingerprint density at radius 2 is 2.09 bits per heavy atom. The molecule has 7 nitrogen and oxygen atoms in total. The number of rotatable bonds is 4. The Morgan fingerprint density at radius 3 is 2.83 bits per heavy atom. The van der Waals surface area contributed by atoms with Crippen LogP contribution in [0, 0.1) is 0 Å². The Hall–Kier alpha value is -2.12. The molecule has 0 spiro atoms. The predicted octanol–water partition coefficient (Wildman–Crippen LogP) is -0.0368. The number of nitrogens with zero attached hydrogens (tertiary/aromatic N) is 1. The third-order valence-corrected chi connectivity index (χ3v) is 3.92. The van der Waals surface area contributed by atoms with E-state index in [0.29, 0.717) is 6.54 Å². The van der Waals surface area contributed by atoms with Crippen LogP contribution in [-0.2, 0) is 16.0 Å². The van der Waals surface area contributed by atoms with Gasteiger partial charge in [0.2, 0.25) is 11.8 Å². The Bertz CT molecular complexity index is 622. The van der Waals surface area contributed by atoms with Crippen LogP contribution in [0.25, 0.3) is 0 Å². The van der Waals surface area contributed by atoms with E-state index in [0.717, 1.165) is 13.0 Å². The molecule has 23 heavy (non-hydrogen) atoms. The molecule has 0 aliphatic carbocycles. The minimum Gasteiger partial charge on any atom is -0.353 e. The number of fused-ring (bicyclic) bond motifs is 1. The fraction of sp³-hybridized carbons (Fsp3) is 0.400. The van der Waals surface area contributed by atoms with Gasteiger partial charge in [-0.1, -0.05) is 24.3 Å². The number of benzene rings is 1. The van der Waals surface area contributed by atoms with Gasteiger partial charge < -0.3 is 15.5 Å². The lowest BCUT2D eigenvalue weighted by molar-refractivity contribution is -0.122. The number of urea groups is 1. The lowest BCUT2D eigenvalue weighted by Gasteiger charge is -2.27. The number of carbonyl (C=O) groups is 3. The van der Waals surface area contributed by atoms with Crippen molar-refractivity contribution >= 4 is 30.3 Å². The van der Waals surface area contributed by atoms with Crippen LogP contribution in [0.5, 0.6) is 0 Å². The van der Waals surface area contributed by atoms with E-state index in [-0.39, 0.29) is 43.4 Å². The zero-order chi connectivity index (χ0) is 15.5. The second-order valence-corrected chi connectivity index (χ2v) is 5.47. The highest BCUT2D eigenvalue weighted by Crippen LogP contribution is 2.21. The van der Waals surface area contributed by atoms with Crippen molar-refractivity contribution in [3.8, 4) is 0 Å². The molecule has 0 saturated carbocycles. The van der Waals surface area contributed by atoms with Crippen LogP contribution in [0.2, 0.25) is 0 Å². The third-order valence-electron chi connectivity index (χ3n) is 3.92. The van der Waals surface area contributed by atoms with Crippen molar-refractivity contribution in [3.63, 3.8) is 0 Å². The zero-order valence-corrected chi connectivity index (χ0v) is 13.3.